The van der Waals surface area contributed by atoms with Crippen molar-refractivity contribution in [2.45, 2.75) is 38.4 Å². The van der Waals surface area contributed by atoms with Crippen LogP contribution in [-0.4, -0.2) is 40.5 Å². The molecular weight excluding hydrogens is 316 g/mol. The highest BCUT2D eigenvalue weighted by Crippen LogP contribution is 2.32. The van der Waals surface area contributed by atoms with Crippen molar-refractivity contribution in [1.82, 2.24) is 20.2 Å². The second-order valence-corrected chi connectivity index (χ2v) is 6.99. The van der Waals surface area contributed by atoms with Crippen molar-refractivity contribution in [1.29, 1.82) is 0 Å². The monoisotopic (exact) mass is 340 g/mol. The molecule has 1 fully saturated rings. The number of rotatable bonds is 6. The maximum absolute atomic E-state index is 12.8. The van der Waals surface area contributed by atoms with Crippen LogP contribution in [-0.2, 0) is 24.3 Å². The molecule has 6 heteroatoms. The average molecular weight is 340 g/mol. The zero-order valence-corrected chi connectivity index (χ0v) is 14.5. The molecule has 2 aliphatic rings. The van der Waals surface area contributed by atoms with Crippen molar-refractivity contribution in [3.63, 3.8) is 0 Å². The number of H-pyrrole nitrogens is 1. The molecule has 0 saturated heterocycles. The fourth-order valence-corrected chi connectivity index (χ4v) is 3.42. The minimum Gasteiger partial charge on any atom is -0.497 e. The van der Waals surface area contributed by atoms with E-state index in [2.05, 4.69) is 20.2 Å². The van der Waals surface area contributed by atoms with Crippen LogP contribution in [0.25, 0.3) is 0 Å². The average Bonchev–Trinajstić information content (AvgIpc) is 3.34. The zero-order valence-electron chi connectivity index (χ0n) is 14.5. The van der Waals surface area contributed by atoms with Crippen LogP contribution in [0.3, 0.4) is 0 Å². The Morgan fingerprint density at radius 3 is 2.88 bits per heavy atom. The summed E-state index contributed by atoms with van der Waals surface area (Å²) in [7, 11) is 1.65. The molecule has 1 aromatic heterocycles. The van der Waals surface area contributed by atoms with E-state index in [0.717, 1.165) is 41.7 Å². The van der Waals surface area contributed by atoms with Crippen LogP contribution >= 0.6 is 0 Å². The molecule has 25 heavy (non-hydrogen) atoms. The molecule has 0 spiro atoms. The first kappa shape index (κ1) is 16.1. The second-order valence-electron chi connectivity index (χ2n) is 6.99. The summed E-state index contributed by atoms with van der Waals surface area (Å²) < 4.78 is 5.17. The van der Waals surface area contributed by atoms with E-state index in [-0.39, 0.29) is 11.9 Å². The van der Waals surface area contributed by atoms with Gasteiger partial charge in [-0.05, 0) is 36.5 Å². The van der Waals surface area contributed by atoms with Crippen LogP contribution in [0.2, 0.25) is 0 Å². The van der Waals surface area contributed by atoms with Crippen LogP contribution in [0.5, 0.6) is 5.75 Å². The smallest absolute Gasteiger partial charge is 0.238 e. The number of amides is 1. The van der Waals surface area contributed by atoms with Crippen LogP contribution in [0, 0.1) is 5.92 Å². The molecule has 1 aliphatic heterocycles. The number of methoxy groups -OCH3 is 1. The summed E-state index contributed by atoms with van der Waals surface area (Å²) >= 11 is 0. The number of nitrogens with one attached hydrogen (secondary N) is 2. The maximum atomic E-state index is 12.8. The lowest BCUT2D eigenvalue weighted by atomic mass is 10.0. The van der Waals surface area contributed by atoms with Gasteiger partial charge in [-0.15, -0.1) is 0 Å². The van der Waals surface area contributed by atoms with Gasteiger partial charge in [0.05, 0.1) is 30.9 Å². The van der Waals surface area contributed by atoms with E-state index < -0.39 is 0 Å². The third-order valence-corrected chi connectivity index (χ3v) is 5.11. The Hall–Kier alpha value is -2.34. The highest BCUT2D eigenvalue weighted by atomic mass is 16.5. The van der Waals surface area contributed by atoms with E-state index in [1.165, 1.54) is 12.8 Å². The maximum Gasteiger partial charge on any atom is 0.238 e. The van der Waals surface area contributed by atoms with E-state index in [1.807, 2.05) is 24.3 Å². The van der Waals surface area contributed by atoms with E-state index in [9.17, 15) is 4.79 Å². The number of carbonyl (C=O) groups excluding carboxylic acids is 1. The lowest BCUT2D eigenvalue weighted by Gasteiger charge is -2.34. The Bertz CT molecular complexity index is 736. The summed E-state index contributed by atoms with van der Waals surface area (Å²) in [5.74, 6) is 1.66. The van der Waals surface area contributed by atoms with Crippen LogP contribution in [0.15, 0.2) is 30.6 Å². The van der Waals surface area contributed by atoms with Gasteiger partial charge >= 0.3 is 0 Å². The van der Waals surface area contributed by atoms with Crippen molar-refractivity contribution in [3.8, 4) is 5.75 Å². The standard InChI is InChI=1S/C19H24N4O2/c1-25-15-6-4-13(5-7-15)9-20-19(24)18-8-16-17(22-12-21-16)11-23(18)10-14-2-3-14/h4-7,12,14,18H,2-3,8-11H2,1H3,(H,20,24)(H,21,22)/t18-/m0/s1. The van der Waals surface area contributed by atoms with Crippen molar-refractivity contribution >= 4 is 5.91 Å². The number of aromatic amines is 1. The Kier molecular flexibility index (Phi) is 4.44. The fraction of sp³-hybridized carbons (Fsp3) is 0.474. The molecule has 0 bridgehead atoms. The summed E-state index contributed by atoms with van der Waals surface area (Å²) in [6, 6.07) is 7.66. The number of imidazole rings is 1. The van der Waals surface area contributed by atoms with Crippen molar-refractivity contribution < 1.29 is 9.53 Å². The summed E-state index contributed by atoms with van der Waals surface area (Å²) in [5, 5.41) is 3.09. The zero-order chi connectivity index (χ0) is 17.2. The first-order valence-corrected chi connectivity index (χ1v) is 8.88. The van der Waals surface area contributed by atoms with E-state index in [4.69, 9.17) is 4.74 Å². The first-order valence-electron chi connectivity index (χ1n) is 8.88. The lowest BCUT2D eigenvalue weighted by Crippen LogP contribution is -2.50. The van der Waals surface area contributed by atoms with Gasteiger partial charge in [0, 0.05) is 26.1 Å². The quantitative estimate of drug-likeness (QED) is 0.842. The summed E-state index contributed by atoms with van der Waals surface area (Å²) in [4.78, 5) is 22.7. The molecule has 132 valence electrons. The summed E-state index contributed by atoms with van der Waals surface area (Å²) in [5.41, 5.74) is 3.25. The summed E-state index contributed by atoms with van der Waals surface area (Å²) in [6.07, 6.45) is 4.98. The minimum absolute atomic E-state index is 0.0881. The largest absolute Gasteiger partial charge is 0.497 e. The molecule has 1 aromatic carbocycles. The van der Waals surface area contributed by atoms with E-state index >= 15 is 0 Å². The SMILES string of the molecule is COc1ccc(CNC(=O)[C@@H]2Cc3nc[nH]c3CN2CC2CC2)cc1. The molecule has 4 rings (SSSR count). The summed E-state index contributed by atoms with van der Waals surface area (Å²) in [6.45, 7) is 2.32. The van der Waals surface area contributed by atoms with E-state index in [1.54, 1.807) is 13.4 Å². The van der Waals surface area contributed by atoms with Crippen molar-refractivity contribution in [2.75, 3.05) is 13.7 Å². The normalized spacial score (nSPS) is 20.1. The molecule has 1 atom stereocenters. The van der Waals surface area contributed by atoms with Gasteiger partial charge in [0.25, 0.3) is 0 Å². The number of hydrogen-bond acceptors (Lipinski definition) is 4. The third kappa shape index (κ3) is 3.69. The Morgan fingerprint density at radius 2 is 2.16 bits per heavy atom. The van der Waals surface area contributed by atoms with Crippen LogP contribution < -0.4 is 10.1 Å². The second kappa shape index (κ2) is 6.88. The molecule has 0 radical (unpaired) electrons. The number of aromatic nitrogens is 2. The van der Waals surface area contributed by atoms with E-state index in [0.29, 0.717) is 13.0 Å². The highest BCUT2D eigenvalue weighted by Gasteiger charge is 2.36. The number of fused-ring (bicyclic) bond motifs is 1. The number of nitrogens with zero attached hydrogens (tertiary/aromatic N) is 2. The van der Waals surface area contributed by atoms with Gasteiger partial charge in [0.15, 0.2) is 0 Å². The molecular formula is C19H24N4O2. The minimum atomic E-state index is -0.130. The highest BCUT2D eigenvalue weighted by molar-refractivity contribution is 5.82. The predicted octanol–water partition coefficient (Wildman–Crippen LogP) is 1.87. The predicted molar refractivity (Wildman–Crippen MR) is 94.1 cm³/mol. The van der Waals surface area contributed by atoms with Gasteiger partial charge in [-0.2, -0.15) is 0 Å². The molecule has 1 saturated carbocycles. The molecule has 2 heterocycles. The lowest BCUT2D eigenvalue weighted by molar-refractivity contribution is -0.127. The Labute approximate surface area is 147 Å². The van der Waals surface area contributed by atoms with Crippen molar-refractivity contribution in [2.24, 2.45) is 5.92 Å². The van der Waals surface area contributed by atoms with Crippen LogP contribution in [0.4, 0.5) is 0 Å². The molecule has 1 aliphatic carbocycles. The number of benzene rings is 1. The van der Waals surface area contributed by atoms with Gasteiger partial charge in [0.1, 0.15) is 5.75 Å². The fourth-order valence-electron chi connectivity index (χ4n) is 3.42. The van der Waals surface area contributed by atoms with Gasteiger partial charge in [-0.25, -0.2) is 4.98 Å². The first-order chi connectivity index (χ1) is 12.2. The molecule has 2 N–H and O–H groups in total. The molecule has 0 unspecified atom stereocenters. The molecule has 2 aromatic rings. The van der Waals surface area contributed by atoms with Crippen molar-refractivity contribution in [3.05, 3.63) is 47.5 Å². The van der Waals surface area contributed by atoms with Gasteiger partial charge in [-0.3, -0.25) is 9.69 Å². The van der Waals surface area contributed by atoms with Gasteiger partial charge < -0.3 is 15.0 Å². The number of ether oxygens (including phenoxy) is 1. The number of hydrogen-bond donors (Lipinski definition) is 2. The topological polar surface area (TPSA) is 70.2 Å². The van der Waals surface area contributed by atoms with Gasteiger partial charge in [0.2, 0.25) is 5.91 Å². The number of carbonyl (C=O) groups is 1. The third-order valence-electron chi connectivity index (χ3n) is 5.11. The Morgan fingerprint density at radius 1 is 1.36 bits per heavy atom. The van der Waals surface area contributed by atoms with Crippen LogP contribution in [0.1, 0.15) is 29.8 Å². The molecule has 1 amide bonds. The van der Waals surface area contributed by atoms with Gasteiger partial charge in [-0.1, -0.05) is 12.1 Å². The molecule has 6 nitrogen and oxygen atoms in total. The Balaban J connectivity index is 1.41.